The van der Waals surface area contributed by atoms with Crippen molar-refractivity contribution >= 4 is 17.6 Å². The molecule has 12 heteroatoms. The lowest BCUT2D eigenvalue weighted by atomic mass is 9.90. The van der Waals surface area contributed by atoms with Gasteiger partial charge in [0.15, 0.2) is 0 Å². The number of amides is 2. The van der Waals surface area contributed by atoms with Crippen molar-refractivity contribution in [1.29, 1.82) is 0 Å². The normalized spacial score (nSPS) is 15.8. The van der Waals surface area contributed by atoms with Gasteiger partial charge in [-0.05, 0) is 55.9 Å². The van der Waals surface area contributed by atoms with Crippen LogP contribution in [-0.4, -0.2) is 92.9 Å². The minimum absolute atomic E-state index is 0.0710. The van der Waals surface area contributed by atoms with Gasteiger partial charge in [0.1, 0.15) is 17.1 Å². The molecule has 0 saturated carbocycles. The molecule has 220 valence electrons. The van der Waals surface area contributed by atoms with E-state index in [4.69, 9.17) is 9.47 Å². The molecule has 0 radical (unpaired) electrons. The van der Waals surface area contributed by atoms with Crippen LogP contribution in [0.2, 0.25) is 0 Å². The number of aromatic nitrogens is 1. The lowest BCUT2D eigenvalue weighted by Crippen LogP contribution is -2.55. The zero-order valence-corrected chi connectivity index (χ0v) is 23.5. The second-order valence-corrected chi connectivity index (χ2v) is 10.2. The van der Waals surface area contributed by atoms with Crippen molar-refractivity contribution in [2.75, 3.05) is 59.9 Å². The third-order valence-electron chi connectivity index (χ3n) is 7.27. The molecular weight excluding hydrogens is 529 g/mol. The second kappa shape index (κ2) is 12.8. The summed E-state index contributed by atoms with van der Waals surface area (Å²) in [7, 11) is 7.35. The van der Waals surface area contributed by atoms with Gasteiger partial charge in [-0.15, -0.1) is 0 Å². The standard InChI is InChI=1S/C28H37F3N4O5/c1-33(2)25(36)22-11-12-23(32-24(22)40-5)35-16-13-19(14-17-35)8-7-15-34(3)26(37)27(38,28(29,30)31)20-9-6-10-21(18-20)39-4/h6,9-12,18-19,38H,7-8,13-17H2,1-5H3/t27-/m1/s1. The summed E-state index contributed by atoms with van der Waals surface area (Å²) in [4.78, 5) is 34.3. The van der Waals surface area contributed by atoms with Gasteiger partial charge in [0.25, 0.3) is 17.4 Å². The molecule has 0 unspecified atom stereocenters. The van der Waals surface area contributed by atoms with Crippen LogP contribution in [0.15, 0.2) is 36.4 Å². The number of anilines is 1. The first-order chi connectivity index (χ1) is 18.8. The van der Waals surface area contributed by atoms with Gasteiger partial charge >= 0.3 is 6.18 Å². The van der Waals surface area contributed by atoms with Crippen molar-refractivity contribution in [2.45, 2.75) is 37.5 Å². The molecule has 0 spiro atoms. The summed E-state index contributed by atoms with van der Waals surface area (Å²) in [6.45, 7) is 1.52. The third kappa shape index (κ3) is 6.60. The van der Waals surface area contributed by atoms with Crippen LogP contribution in [-0.2, 0) is 10.4 Å². The van der Waals surface area contributed by atoms with Crippen molar-refractivity contribution in [3.8, 4) is 11.6 Å². The quantitative estimate of drug-likeness (QED) is 0.469. The molecule has 1 aromatic heterocycles. The van der Waals surface area contributed by atoms with Crippen LogP contribution in [0.3, 0.4) is 0 Å². The highest BCUT2D eigenvalue weighted by atomic mass is 19.4. The zero-order chi connectivity index (χ0) is 29.7. The minimum atomic E-state index is -5.22. The van der Waals surface area contributed by atoms with E-state index in [-0.39, 0.29) is 24.1 Å². The van der Waals surface area contributed by atoms with Crippen LogP contribution in [0, 0.1) is 5.92 Å². The predicted octanol–water partition coefficient (Wildman–Crippen LogP) is 3.71. The number of alkyl halides is 3. The minimum Gasteiger partial charge on any atom is -0.497 e. The summed E-state index contributed by atoms with van der Waals surface area (Å²) in [5.41, 5.74) is -3.89. The molecular formula is C28H37F3N4O5. The first kappa shape index (κ1) is 31.0. The van der Waals surface area contributed by atoms with Gasteiger partial charge in [0.2, 0.25) is 5.88 Å². The fourth-order valence-corrected chi connectivity index (χ4v) is 4.87. The number of likely N-dealkylation sites (N-methyl/N-ethyl adjacent to an activating group) is 1. The van der Waals surface area contributed by atoms with Crippen molar-refractivity contribution < 1.29 is 37.3 Å². The maximum absolute atomic E-state index is 14.0. The number of halogens is 3. The van der Waals surface area contributed by atoms with Crippen LogP contribution in [0.4, 0.5) is 19.0 Å². The van der Waals surface area contributed by atoms with Crippen LogP contribution < -0.4 is 14.4 Å². The van der Waals surface area contributed by atoms with E-state index in [2.05, 4.69) is 9.88 Å². The Morgan fingerprint density at radius 3 is 2.33 bits per heavy atom. The Bertz CT molecular complexity index is 1180. The number of methoxy groups -OCH3 is 2. The van der Waals surface area contributed by atoms with Gasteiger partial charge in [0, 0.05) is 46.3 Å². The lowest BCUT2D eigenvalue weighted by Gasteiger charge is -2.34. The van der Waals surface area contributed by atoms with Crippen LogP contribution in [0.25, 0.3) is 0 Å². The number of piperidine rings is 1. The number of benzene rings is 1. The number of pyridine rings is 1. The third-order valence-corrected chi connectivity index (χ3v) is 7.27. The summed E-state index contributed by atoms with van der Waals surface area (Å²) in [5, 5.41) is 10.7. The Kier molecular flexibility index (Phi) is 9.88. The molecule has 1 fully saturated rings. The van der Waals surface area contributed by atoms with Crippen molar-refractivity contribution in [1.82, 2.24) is 14.8 Å². The SMILES string of the molecule is COc1cccc([C@@](O)(C(=O)N(C)CCCC2CCN(c3ccc(C(=O)N(C)C)c(OC)n3)CC2)C(F)(F)F)c1. The van der Waals surface area contributed by atoms with Gasteiger partial charge in [-0.3, -0.25) is 9.59 Å². The molecule has 0 aliphatic carbocycles. The molecule has 0 bridgehead atoms. The van der Waals surface area contributed by atoms with E-state index in [1.165, 1.54) is 38.3 Å². The monoisotopic (exact) mass is 566 g/mol. The smallest absolute Gasteiger partial charge is 0.430 e. The summed E-state index contributed by atoms with van der Waals surface area (Å²) < 4.78 is 52.3. The first-order valence-corrected chi connectivity index (χ1v) is 13.0. The average Bonchev–Trinajstić information content (AvgIpc) is 2.95. The highest BCUT2D eigenvalue weighted by molar-refractivity contribution is 5.96. The van der Waals surface area contributed by atoms with Gasteiger partial charge < -0.3 is 29.3 Å². The van der Waals surface area contributed by atoms with E-state index < -0.39 is 23.2 Å². The summed E-state index contributed by atoms with van der Waals surface area (Å²) in [6, 6.07) is 8.32. The molecule has 9 nitrogen and oxygen atoms in total. The summed E-state index contributed by atoms with van der Waals surface area (Å²) in [5.74, 6) is -0.224. The van der Waals surface area contributed by atoms with E-state index in [1.54, 1.807) is 26.2 Å². The van der Waals surface area contributed by atoms with E-state index >= 15 is 0 Å². The average molecular weight is 567 g/mol. The van der Waals surface area contributed by atoms with E-state index in [1.807, 2.05) is 0 Å². The van der Waals surface area contributed by atoms with Crippen molar-refractivity contribution in [3.05, 3.63) is 47.5 Å². The number of carbonyl (C=O) groups excluding carboxylic acids is 2. The Hall–Kier alpha value is -3.54. The van der Waals surface area contributed by atoms with Gasteiger partial charge in [0.05, 0.1) is 14.2 Å². The summed E-state index contributed by atoms with van der Waals surface area (Å²) in [6.07, 6.45) is -2.31. The largest absolute Gasteiger partial charge is 0.497 e. The van der Waals surface area contributed by atoms with Crippen molar-refractivity contribution in [2.24, 2.45) is 5.92 Å². The second-order valence-electron chi connectivity index (χ2n) is 10.2. The number of aliphatic hydroxyl groups is 1. The topological polar surface area (TPSA) is 95.4 Å². The van der Waals surface area contributed by atoms with Crippen LogP contribution >= 0.6 is 0 Å². The van der Waals surface area contributed by atoms with Gasteiger partial charge in [-0.2, -0.15) is 18.2 Å². The molecule has 1 atom stereocenters. The van der Waals surface area contributed by atoms with Gasteiger partial charge in [-0.25, -0.2) is 0 Å². The first-order valence-electron chi connectivity index (χ1n) is 13.0. The van der Waals surface area contributed by atoms with E-state index in [0.717, 1.165) is 49.4 Å². The number of ether oxygens (including phenoxy) is 2. The highest BCUT2D eigenvalue weighted by Gasteiger charge is 2.61. The maximum atomic E-state index is 14.0. The Balaban J connectivity index is 1.56. The number of rotatable bonds is 10. The number of hydrogen-bond acceptors (Lipinski definition) is 7. The van der Waals surface area contributed by atoms with E-state index in [0.29, 0.717) is 23.7 Å². The lowest BCUT2D eigenvalue weighted by molar-refractivity contribution is -0.261. The maximum Gasteiger partial charge on any atom is 0.430 e. The molecule has 40 heavy (non-hydrogen) atoms. The Morgan fingerprint density at radius 2 is 1.75 bits per heavy atom. The molecule has 3 rings (SSSR count). The molecule has 2 aromatic rings. The zero-order valence-electron chi connectivity index (χ0n) is 23.5. The summed E-state index contributed by atoms with van der Waals surface area (Å²) >= 11 is 0. The fraction of sp³-hybridized carbons (Fsp3) is 0.536. The molecule has 1 saturated heterocycles. The number of carbonyl (C=O) groups is 2. The van der Waals surface area contributed by atoms with Crippen LogP contribution in [0.5, 0.6) is 11.6 Å². The molecule has 1 aliphatic heterocycles. The highest BCUT2D eigenvalue weighted by Crippen LogP contribution is 2.41. The van der Waals surface area contributed by atoms with Crippen molar-refractivity contribution in [3.63, 3.8) is 0 Å². The van der Waals surface area contributed by atoms with Gasteiger partial charge in [-0.1, -0.05) is 12.1 Å². The predicted molar refractivity (Wildman–Crippen MR) is 144 cm³/mol. The molecule has 1 aromatic carbocycles. The van der Waals surface area contributed by atoms with Crippen LogP contribution in [0.1, 0.15) is 41.6 Å². The molecule has 1 N–H and O–H groups in total. The Morgan fingerprint density at radius 1 is 1.07 bits per heavy atom. The molecule has 2 amide bonds. The fourth-order valence-electron chi connectivity index (χ4n) is 4.87. The molecule has 2 heterocycles. The number of nitrogens with zero attached hydrogens (tertiary/aromatic N) is 4. The number of hydrogen-bond donors (Lipinski definition) is 1. The molecule has 1 aliphatic rings. The Labute approximate surface area is 232 Å². The van der Waals surface area contributed by atoms with E-state index in [9.17, 15) is 27.9 Å².